The zero-order chi connectivity index (χ0) is 9.52. The number of aromatic nitrogens is 2. The fourth-order valence-corrected chi connectivity index (χ4v) is 0.702. The molecule has 3 N–H and O–H groups in total. The van der Waals surface area contributed by atoms with Crippen molar-refractivity contribution >= 4 is 12.3 Å². The number of carboxylic acid groups (broad SMARTS) is 1. The van der Waals surface area contributed by atoms with Crippen molar-refractivity contribution in [2.45, 2.75) is 0 Å². The van der Waals surface area contributed by atoms with Crippen molar-refractivity contribution < 1.29 is 9.90 Å². The summed E-state index contributed by atoms with van der Waals surface area (Å²) < 4.78 is 0. The summed E-state index contributed by atoms with van der Waals surface area (Å²) in [5.74, 6) is -1.01. The lowest BCUT2D eigenvalue weighted by molar-refractivity contribution is 0.0690. The van der Waals surface area contributed by atoms with E-state index in [1.54, 1.807) is 6.34 Å². The molecule has 1 aromatic rings. The highest BCUT2D eigenvalue weighted by Gasteiger charge is 2.00. The van der Waals surface area contributed by atoms with Crippen molar-refractivity contribution in [2.24, 2.45) is 4.99 Å². The van der Waals surface area contributed by atoms with Gasteiger partial charge in [0.15, 0.2) is 5.69 Å². The molecule has 0 bridgehead atoms. The maximum absolute atomic E-state index is 9.98. The van der Waals surface area contributed by atoms with Crippen molar-refractivity contribution in [1.82, 2.24) is 15.5 Å². The number of carboxylic acids is 1. The zero-order valence-corrected chi connectivity index (χ0v) is 6.90. The van der Waals surface area contributed by atoms with Crippen LogP contribution >= 0.6 is 0 Å². The van der Waals surface area contributed by atoms with Gasteiger partial charge in [0.2, 0.25) is 0 Å². The summed E-state index contributed by atoms with van der Waals surface area (Å²) >= 11 is 0. The molecule has 2 heterocycles. The summed E-state index contributed by atoms with van der Waals surface area (Å²) in [6, 6.07) is 1.39. The third kappa shape index (κ3) is 3.37. The molecule has 6 heteroatoms. The fourth-order valence-electron chi connectivity index (χ4n) is 0.702. The van der Waals surface area contributed by atoms with Crippen LogP contribution in [0.3, 0.4) is 0 Å². The van der Waals surface area contributed by atoms with Gasteiger partial charge in [0, 0.05) is 12.7 Å². The van der Waals surface area contributed by atoms with Gasteiger partial charge in [-0.05, 0) is 6.07 Å². The van der Waals surface area contributed by atoms with Crippen molar-refractivity contribution in [2.75, 3.05) is 13.1 Å². The second kappa shape index (κ2) is 4.91. The lowest BCUT2D eigenvalue weighted by Crippen LogP contribution is -2.04. The highest BCUT2D eigenvalue weighted by molar-refractivity contribution is 5.84. The van der Waals surface area contributed by atoms with Crippen LogP contribution in [0.2, 0.25) is 0 Å². The molecular weight excluding hydrogens is 172 g/mol. The normalized spacial score (nSPS) is 12.9. The maximum Gasteiger partial charge on any atom is 0.356 e. The number of hydrogen-bond donors (Lipinski definition) is 3. The first-order valence-corrected chi connectivity index (χ1v) is 3.75. The van der Waals surface area contributed by atoms with Gasteiger partial charge in [-0.3, -0.25) is 10.1 Å². The van der Waals surface area contributed by atoms with Crippen molar-refractivity contribution in [3.05, 3.63) is 18.0 Å². The minimum Gasteiger partial charge on any atom is -0.476 e. The minimum atomic E-state index is -1.01. The van der Waals surface area contributed by atoms with Gasteiger partial charge in [-0.2, -0.15) is 5.10 Å². The van der Waals surface area contributed by atoms with E-state index in [9.17, 15) is 4.79 Å². The van der Waals surface area contributed by atoms with Crippen LogP contribution < -0.4 is 5.32 Å². The van der Waals surface area contributed by atoms with Gasteiger partial charge in [0.1, 0.15) is 0 Å². The van der Waals surface area contributed by atoms with E-state index in [4.69, 9.17) is 5.11 Å². The summed E-state index contributed by atoms with van der Waals surface area (Å²) in [7, 11) is 0. The Morgan fingerprint density at radius 2 is 2.46 bits per heavy atom. The van der Waals surface area contributed by atoms with Crippen molar-refractivity contribution in [3.8, 4) is 0 Å². The van der Waals surface area contributed by atoms with E-state index in [2.05, 4.69) is 20.5 Å². The first-order chi connectivity index (χ1) is 6.30. The molecule has 0 spiro atoms. The predicted octanol–water partition coefficient (Wildman–Crippen LogP) is -0.274. The molecule has 0 unspecified atom stereocenters. The van der Waals surface area contributed by atoms with E-state index in [1.165, 1.54) is 12.3 Å². The van der Waals surface area contributed by atoms with E-state index < -0.39 is 5.97 Å². The van der Waals surface area contributed by atoms with Crippen LogP contribution in [0.1, 0.15) is 10.5 Å². The molecule has 13 heavy (non-hydrogen) atoms. The number of aromatic carboxylic acids is 1. The monoisotopic (exact) mass is 182 g/mol. The Morgan fingerprint density at radius 3 is 2.69 bits per heavy atom. The van der Waals surface area contributed by atoms with Crippen LogP contribution in [0.25, 0.3) is 0 Å². The molecule has 0 aliphatic carbocycles. The van der Waals surface area contributed by atoms with E-state index in [1.807, 2.05) is 0 Å². The van der Waals surface area contributed by atoms with Crippen LogP contribution in [0, 0.1) is 0 Å². The number of rotatable bonds is 1. The number of nitrogens with zero attached hydrogens (tertiary/aromatic N) is 2. The summed E-state index contributed by atoms with van der Waals surface area (Å²) in [5.41, 5.74) is 0.0463. The maximum atomic E-state index is 9.98. The Morgan fingerprint density at radius 1 is 1.62 bits per heavy atom. The molecule has 0 fully saturated rings. The highest BCUT2D eigenvalue weighted by Crippen LogP contribution is 1.87. The van der Waals surface area contributed by atoms with Gasteiger partial charge < -0.3 is 10.4 Å². The second-order valence-electron chi connectivity index (χ2n) is 2.25. The van der Waals surface area contributed by atoms with Crippen LogP contribution in [0.5, 0.6) is 0 Å². The van der Waals surface area contributed by atoms with Gasteiger partial charge >= 0.3 is 5.97 Å². The Kier molecular flexibility index (Phi) is 3.49. The molecule has 1 aromatic heterocycles. The van der Waals surface area contributed by atoms with Gasteiger partial charge in [-0.1, -0.05) is 0 Å². The summed E-state index contributed by atoms with van der Waals surface area (Å²) in [6.07, 6.45) is 3.20. The van der Waals surface area contributed by atoms with Gasteiger partial charge in [-0.15, -0.1) is 0 Å². The first-order valence-electron chi connectivity index (χ1n) is 3.75. The Labute approximate surface area is 74.7 Å². The quantitative estimate of drug-likeness (QED) is 0.557. The van der Waals surface area contributed by atoms with E-state index >= 15 is 0 Å². The van der Waals surface area contributed by atoms with E-state index in [-0.39, 0.29) is 5.69 Å². The number of hydrogen-bond acceptors (Lipinski definition) is 4. The summed E-state index contributed by atoms with van der Waals surface area (Å²) in [5, 5.41) is 16.9. The molecule has 6 nitrogen and oxygen atoms in total. The molecule has 0 amide bonds. The molecule has 0 aromatic carbocycles. The zero-order valence-electron chi connectivity index (χ0n) is 6.90. The highest BCUT2D eigenvalue weighted by atomic mass is 16.4. The van der Waals surface area contributed by atoms with Gasteiger partial charge in [-0.25, -0.2) is 4.79 Å². The fraction of sp³-hybridized carbons (Fsp3) is 0.286. The van der Waals surface area contributed by atoms with Crippen molar-refractivity contribution in [3.63, 3.8) is 0 Å². The van der Waals surface area contributed by atoms with Gasteiger partial charge in [0.05, 0.1) is 12.9 Å². The SMILES string of the molecule is C1=NCCN1.O=C(O)c1cc[nH]n1. The summed E-state index contributed by atoms with van der Waals surface area (Å²) in [4.78, 5) is 13.8. The summed E-state index contributed by atoms with van der Waals surface area (Å²) in [6.45, 7) is 1.99. The molecule has 2 rings (SSSR count). The number of aliphatic imine (C=N–C) groups is 1. The van der Waals surface area contributed by atoms with Crippen LogP contribution in [-0.4, -0.2) is 40.7 Å². The molecule has 1 aliphatic heterocycles. The Bertz CT molecular complexity index is 275. The lowest BCUT2D eigenvalue weighted by Gasteiger charge is -1.77. The molecular formula is C7H10N4O2. The first kappa shape index (κ1) is 9.24. The number of carbonyl (C=O) groups is 1. The van der Waals surface area contributed by atoms with Crippen LogP contribution in [-0.2, 0) is 0 Å². The predicted molar refractivity (Wildman–Crippen MR) is 46.9 cm³/mol. The Hall–Kier alpha value is -1.85. The Balaban J connectivity index is 0.000000145. The standard InChI is InChI=1S/C4H4N2O2.C3H6N2/c7-4(8)3-1-2-5-6-3;1-2-5-3-4-1/h1-2H,(H,5,6)(H,7,8);3H,1-2H2,(H,4,5). The molecule has 70 valence electrons. The smallest absolute Gasteiger partial charge is 0.356 e. The molecule has 0 saturated heterocycles. The van der Waals surface area contributed by atoms with E-state index in [0.717, 1.165) is 13.1 Å². The molecule has 0 radical (unpaired) electrons. The molecule has 0 saturated carbocycles. The number of H-pyrrole nitrogens is 1. The average Bonchev–Trinajstić information content (AvgIpc) is 2.82. The second-order valence-corrected chi connectivity index (χ2v) is 2.25. The average molecular weight is 182 g/mol. The van der Waals surface area contributed by atoms with Crippen LogP contribution in [0.4, 0.5) is 0 Å². The largest absolute Gasteiger partial charge is 0.476 e. The minimum absolute atomic E-state index is 0.0463. The topological polar surface area (TPSA) is 90.4 Å². The third-order valence-electron chi connectivity index (χ3n) is 1.29. The number of nitrogens with one attached hydrogen (secondary N) is 2. The van der Waals surface area contributed by atoms with Crippen molar-refractivity contribution in [1.29, 1.82) is 0 Å². The third-order valence-corrected chi connectivity index (χ3v) is 1.29. The molecule has 1 aliphatic rings. The number of aromatic amines is 1. The van der Waals surface area contributed by atoms with Crippen LogP contribution in [0.15, 0.2) is 17.3 Å². The van der Waals surface area contributed by atoms with Gasteiger partial charge in [0.25, 0.3) is 0 Å². The molecule has 0 atom stereocenters. The van der Waals surface area contributed by atoms with E-state index in [0.29, 0.717) is 0 Å². The lowest BCUT2D eigenvalue weighted by atomic mass is 10.5.